The van der Waals surface area contributed by atoms with Gasteiger partial charge in [-0.2, -0.15) is 0 Å². The van der Waals surface area contributed by atoms with Gasteiger partial charge in [0.2, 0.25) is 0 Å². The van der Waals surface area contributed by atoms with E-state index in [1.807, 2.05) is 0 Å². The number of rotatable bonds is 10. The summed E-state index contributed by atoms with van der Waals surface area (Å²) in [6.07, 6.45) is 3.56. The quantitative estimate of drug-likeness (QED) is 0.653. The first-order valence-electron chi connectivity index (χ1n) is 8.20. The summed E-state index contributed by atoms with van der Waals surface area (Å²) in [5, 5.41) is 3.45. The molecule has 1 N–H and O–H groups in total. The Morgan fingerprint density at radius 3 is 2.15 bits per heavy atom. The van der Waals surface area contributed by atoms with Crippen molar-refractivity contribution in [2.45, 2.75) is 59.5 Å². The molecule has 0 fully saturated rings. The van der Waals surface area contributed by atoms with Gasteiger partial charge in [-0.05, 0) is 63.9 Å². The van der Waals surface area contributed by atoms with Crippen LogP contribution < -0.4 is 5.32 Å². The van der Waals surface area contributed by atoms with Gasteiger partial charge in [0, 0.05) is 12.6 Å². The highest BCUT2D eigenvalue weighted by molar-refractivity contribution is 5.22. The summed E-state index contributed by atoms with van der Waals surface area (Å²) in [6, 6.07) is 9.77. The van der Waals surface area contributed by atoms with E-state index in [-0.39, 0.29) is 0 Å². The topological polar surface area (TPSA) is 15.3 Å². The average Bonchev–Trinajstić information content (AvgIpc) is 2.44. The van der Waals surface area contributed by atoms with Crippen molar-refractivity contribution in [2.75, 3.05) is 19.6 Å². The number of hydrogen-bond donors (Lipinski definition) is 1. The Balaban J connectivity index is 2.44. The maximum atomic E-state index is 3.45. The van der Waals surface area contributed by atoms with Crippen molar-refractivity contribution >= 4 is 0 Å². The maximum Gasteiger partial charge on any atom is 0.0236 e. The zero-order valence-corrected chi connectivity index (χ0v) is 13.8. The van der Waals surface area contributed by atoms with Crippen LogP contribution in [0.4, 0.5) is 0 Å². The molecule has 0 unspecified atom stereocenters. The second kappa shape index (κ2) is 9.95. The molecule has 1 rings (SSSR count). The Hall–Kier alpha value is -0.860. The fourth-order valence-electron chi connectivity index (χ4n) is 2.39. The standard InChI is InChI=1S/C18H32N2/c1-5-12-19-13-11-17-7-9-18(10-8-17)15-20(14-6-2)16(3)4/h7-10,16,19H,5-6,11-15H2,1-4H3. The summed E-state index contributed by atoms with van der Waals surface area (Å²) in [7, 11) is 0. The lowest BCUT2D eigenvalue weighted by atomic mass is 10.1. The van der Waals surface area contributed by atoms with Crippen molar-refractivity contribution < 1.29 is 0 Å². The molecule has 114 valence electrons. The third-order valence-electron chi connectivity index (χ3n) is 3.67. The normalized spacial score (nSPS) is 11.5. The van der Waals surface area contributed by atoms with Gasteiger partial charge in [0.25, 0.3) is 0 Å². The van der Waals surface area contributed by atoms with Crippen molar-refractivity contribution in [1.82, 2.24) is 10.2 Å². The van der Waals surface area contributed by atoms with Crippen LogP contribution in [0.2, 0.25) is 0 Å². The van der Waals surface area contributed by atoms with Crippen molar-refractivity contribution in [3.8, 4) is 0 Å². The van der Waals surface area contributed by atoms with Gasteiger partial charge in [-0.3, -0.25) is 4.90 Å². The minimum Gasteiger partial charge on any atom is -0.316 e. The van der Waals surface area contributed by atoms with Crippen LogP contribution in [0.3, 0.4) is 0 Å². The summed E-state index contributed by atoms with van der Waals surface area (Å²) < 4.78 is 0. The first-order valence-corrected chi connectivity index (χ1v) is 8.20. The molecule has 0 spiro atoms. The molecule has 0 heterocycles. The van der Waals surface area contributed by atoms with Crippen LogP contribution in [0, 0.1) is 0 Å². The molecule has 0 atom stereocenters. The Labute approximate surface area is 125 Å². The van der Waals surface area contributed by atoms with Crippen molar-refractivity contribution in [3.05, 3.63) is 35.4 Å². The van der Waals surface area contributed by atoms with Crippen molar-refractivity contribution in [2.24, 2.45) is 0 Å². The molecule has 0 saturated heterocycles. The number of hydrogen-bond acceptors (Lipinski definition) is 2. The lowest BCUT2D eigenvalue weighted by Crippen LogP contribution is -2.30. The second-order valence-electron chi connectivity index (χ2n) is 5.88. The van der Waals surface area contributed by atoms with Gasteiger partial charge in [-0.15, -0.1) is 0 Å². The molecule has 0 radical (unpaired) electrons. The van der Waals surface area contributed by atoms with Gasteiger partial charge in [0.05, 0.1) is 0 Å². The minimum atomic E-state index is 0.618. The predicted octanol–water partition coefficient (Wildman–Crippen LogP) is 3.85. The van der Waals surface area contributed by atoms with Crippen LogP contribution >= 0.6 is 0 Å². The minimum absolute atomic E-state index is 0.618. The van der Waals surface area contributed by atoms with E-state index in [2.05, 4.69) is 62.2 Å². The highest BCUT2D eigenvalue weighted by atomic mass is 15.1. The molecule has 0 aliphatic rings. The molecule has 0 amide bonds. The van der Waals surface area contributed by atoms with Crippen LogP contribution in [0.25, 0.3) is 0 Å². The van der Waals surface area contributed by atoms with E-state index in [0.717, 1.165) is 26.1 Å². The highest BCUT2D eigenvalue weighted by Gasteiger charge is 2.08. The molecule has 20 heavy (non-hydrogen) atoms. The first kappa shape index (κ1) is 17.2. The second-order valence-corrected chi connectivity index (χ2v) is 5.88. The highest BCUT2D eigenvalue weighted by Crippen LogP contribution is 2.11. The summed E-state index contributed by atoms with van der Waals surface area (Å²) in [5.41, 5.74) is 2.86. The smallest absolute Gasteiger partial charge is 0.0236 e. The summed E-state index contributed by atoms with van der Waals surface area (Å²) in [5.74, 6) is 0. The van der Waals surface area contributed by atoms with Crippen LogP contribution in [-0.4, -0.2) is 30.6 Å². The van der Waals surface area contributed by atoms with E-state index < -0.39 is 0 Å². The monoisotopic (exact) mass is 276 g/mol. The molecule has 0 aliphatic heterocycles. The fraction of sp³-hybridized carbons (Fsp3) is 0.667. The lowest BCUT2D eigenvalue weighted by molar-refractivity contribution is 0.213. The number of nitrogens with one attached hydrogen (secondary N) is 1. The molecular weight excluding hydrogens is 244 g/mol. The Kier molecular flexibility index (Phi) is 8.56. The van der Waals surface area contributed by atoms with Gasteiger partial charge in [-0.25, -0.2) is 0 Å². The molecule has 0 saturated carbocycles. The summed E-state index contributed by atoms with van der Waals surface area (Å²) in [6.45, 7) is 13.5. The zero-order valence-electron chi connectivity index (χ0n) is 13.8. The number of nitrogens with zero attached hydrogens (tertiary/aromatic N) is 1. The van der Waals surface area contributed by atoms with Gasteiger partial charge in [0.15, 0.2) is 0 Å². The molecule has 2 heteroatoms. The van der Waals surface area contributed by atoms with E-state index >= 15 is 0 Å². The van der Waals surface area contributed by atoms with Gasteiger partial charge in [0.1, 0.15) is 0 Å². The van der Waals surface area contributed by atoms with E-state index in [1.165, 1.54) is 30.5 Å². The van der Waals surface area contributed by atoms with E-state index in [0.29, 0.717) is 6.04 Å². The van der Waals surface area contributed by atoms with E-state index in [1.54, 1.807) is 0 Å². The molecule has 0 bridgehead atoms. The van der Waals surface area contributed by atoms with Crippen molar-refractivity contribution in [1.29, 1.82) is 0 Å². The molecule has 0 aromatic heterocycles. The van der Waals surface area contributed by atoms with Gasteiger partial charge >= 0.3 is 0 Å². The molecule has 2 nitrogen and oxygen atoms in total. The summed E-state index contributed by atoms with van der Waals surface area (Å²) >= 11 is 0. The van der Waals surface area contributed by atoms with E-state index in [9.17, 15) is 0 Å². The Morgan fingerprint density at radius 1 is 0.950 bits per heavy atom. The van der Waals surface area contributed by atoms with Gasteiger partial charge < -0.3 is 5.32 Å². The molecular formula is C18H32N2. The van der Waals surface area contributed by atoms with E-state index in [4.69, 9.17) is 0 Å². The predicted molar refractivity (Wildman–Crippen MR) is 89.1 cm³/mol. The molecule has 1 aromatic carbocycles. The zero-order chi connectivity index (χ0) is 14.8. The Morgan fingerprint density at radius 2 is 1.60 bits per heavy atom. The summed E-state index contributed by atoms with van der Waals surface area (Å²) in [4.78, 5) is 2.54. The lowest BCUT2D eigenvalue weighted by Gasteiger charge is -2.26. The first-order chi connectivity index (χ1) is 9.67. The average molecular weight is 276 g/mol. The van der Waals surface area contributed by atoms with Crippen LogP contribution in [-0.2, 0) is 13.0 Å². The Bertz CT molecular complexity index is 343. The SMILES string of the molecule is CCCNCCc1ccc(CN(CCC)C(C)C)cc1. The largest absolute Gasteiger partial charge is 0.316 e. The third kappa shape index (κ3) is 6.53. The maximum absolute atomic E-state index is 3.45. The van der Waals surface area contributed by atoms with Crippen molar-refractivity contribution in [3.63, 3.8) is 0 Å². The molecule has 1 aromatic rings. The van der Waals surface area contributed by atoms with Crippen LogP contribution in [0.15, 0.2) is 24.3 Å². The van der Waals surface area contributed by atoms with Crippen LogP contribution in [0.1, 0.15) is 51.7 Å². The van der Waals surface area contributed by atoms with Gasteiger partial charge in [-0.1, -0.05) is 38.1 Å². The number of benzene rings is 1. The van der Waals surface area contributed by atoms with Crippen LogP contribution in [0.5, 0.6) is 0 Å². The third-order valence-corrected chi connectivity index (χ3v) is 3.67. The molecule has 0 aliphatic carbocycles. The fourth-order valence-corrected chi connectivity index (χ4v) is 2.39.